The van der Waals surface area contributed by atoms with E-state index in [4.69, 9.17) is 4.74 Å². The Morgan fingerprint density at radius 1 is 1.05 bits per heavy atom. The Kier molecular flexibility index (Phi) is 5.91. The summed E-state index contributed by atoms with van der Waals surface area (Å²) in [6.07, 6.45) is 2.07. The van der Waals surface area contributed by atoms with Crippen LogP contribution in [0.5, 0.6) is 0 Å². The first kappa shape index (κ1) is 14.9. The minimum absolute atomic E-state index is 0.697. The van der Waals surface area contributed by atoms with Crippen molar-refractivity contribution in [3.05, 3.63) is 72.3 Å². The van der Waals surface area contributed by atoms with Crippen LogP contribution in [0.15, 0.2) is 66.7 Å². The predicted molar refractivity (Wildman–Crippen MR) is 81.1 cm³/mol. The monoisotopic (exact) mass is 435 g/mol. The fraction of sp³-hybridized carbons (Fsp3) is 0.118. The summed E-state index contributed by atoms with van der Waals surface area (Å²) in [5.74, 6) is 0. The van der Waals surface area contributed by atoms with Gasteiger partial charge in [-0.05, 0) is 0 Å². The number of para-hydroxylation sites is 1. The number of rotatable bonds is 6. The van der Waals surface area contributed by atoms with Crippen molar-refractivity contribution in [2.24, 2.45) is 0 Å². The van der Waals surface area contributed by atoms with Crippen molar-refractivity contribution in [2.75, 3.05) is 11.9 Å². The molecule has 0 unspecified atom stereocenters. The Bertz CT molecular complexity index is 578. The molecule has 0 aromatic heterocycles. The Balaban J connectivity index is 2.27. The molecule has 0 amide bonds. The van der Waals surface area contributed by atoms with Gasteiger partial charge in [0, 0.05) is 0 Å². The fourth-order valence-corrected chi connectivity index (χ4v) is 2.63. The summed E-state index contributed by atoms with van der Waals surface area (Å²) >= 11 is 1.32. The number of benzene rings is 2. The van der Waals surface area contributed by atoms with E-state index in [1.807, 2.05) is 43.3 Å². The summed E-state index contributed by atoms with van der Waals surface area (Å²) < 4.78 is 6.55. The molecule has 20 heavy (non-hydrogen) atoms. The molecule has 0 saturated heterocycles. The summed E-state index contributed by atoms with van der Waals surface area (Å²) in [7, 11) is 0. The van der Waals surface area contributed by atoms with E-state index in [0.717, 1.165) is 21.0 Å². The van der Waals surface area contributed by atoms with E-state index in [-0.39, 0.29) is 0 Å². The van der Waals surface area contributed by atoms with Crippen LogP contribution in [0.4, 0.5) is 5.69 Å². The van der Waals surface area contributed by atoms with Gasteiger partial charge >= 0.3 is 131 Å². The molecule has 3 heteroatoms. The molecule has 0 radical (unpaired) electrons. The molecule has 0 aliphatic rings. The first-order valence-corrected chi connectivity index (χ1v) is 8.02. The van der Waals surface area contributed by atoms with Crippen molar-refractivity contribution in [1.29, 1.82) is 0 Å². The third-order valence-corrected chi connectivity index (χ3v) is 3.53. The first-order valence-electron chi connectivity index (χ1n) is 6.55. The molecule has 102 valence electrons. The number of hydrogen-bond acceptors (Lipinski definition) is 2. The van der Waals surface area contributed by atoms with Crippen molar-refractivity contribution in [2.45, 2.75) is 6.92 Å². The molecule has 2 aromatic rings. The molecular weight excluding hydrogens is 418 g/mol. The van der Waals surface area contributed by atoms with Crippen molar-refractivity contribution in [3.63, 3.8) is 0 Å². The molecule has 0 saturated carbocycles. The summed E-state index contributed by atoms with van der Waals surface area (Å²) in [5, 5.41) is 3.46. The second-order valence-electron chi connectivity index (χ2n) is 4.17. The van der Waals surface area contributed by atoms with Crippen LogP contribution in [0.1, 0.15) is 12.5 Å². The van der Waals surface area contributed by atoms with Crippen LogP contribution >= 0.6 is 0 Å². The van der Waals surface area contributed by atoms with E-state index in [1.54, 1.807) is 0 Å². The normalized spacial score (nSPS) is 11.2. The van der Waals surface area contributed by atoms with Gasteiger partial charge < -0.3 is 0 Å². The fourth-order valence-electron chi connectivity index (χ4n) is 1.79. The van der Waals surface area contributed by atoms with Gasteiger partial charge in [-0.2, -0.15) is 0 Å². The van der Waals surface area contributed by atoms with Crippen LogP contribution in [0.3, 0.4) is 0 Å². The average Bonchev–Trinajstić information content (AvgIpc) is 2.49. The van der Waals surface area contributed by atoms with Crippen LogP contribution < -0.4 is 5.32 Å². The Hall–Kier alpha value is -1.50. The zero-order chi connectivity index (χ0) is 14.2. The molecule has 0 bridgehead atoms. The molecule has 0 atom stereocenters. The van der Waals surface area contributed by atoms with Crippen LogP contribution in [0, 0.1) is 0 Å². The van der Waals surface area contributed by atoms with Gasteiger partial charge in [-0.3, -0.25) is 0 Å². The van der Waals surface area contributed by atoms with Gasteiger partial charge in [0.15, 0.2) is 0 Å². The molecule has 2 aromatic carbocycles. The second kappa shape index (κ2) is 7.94. The van der Waals surface area contributed by atoms with Gasteiger partial charge in [0.05, 0.1) is 0 Å². The molecule has 0 fully saturated rings. The molecule has 2 rings (SSSR count). The third kappa shape index (κ3) is 4.55. The molecular formula is C17H17NOW. The van der Waals surface area contributed by atoms with E-state index in [1.165, 1.54) is 19.4 Å². The van der Waals surface area contributed by atoms with Crippen LogP contribution in [-0.2, 0) is 24.1 Å². The maximum absolute atomic E-state index is 5.57. The SMILES string of the molecule is CCO[C](=[W])/C=C(\Nc1ccccc1)c1ccccc1. The number of anilines is 1. The van der Waals surface area contributed by atoms with E-state index in [9.17, 15) is 0 Å². The van der Waals surface area contributed by atoms with Gasteiger partial charge in [-0.15, -0.1) is 0 Å². The molecule has 1 N–H and O–H groups in total. The van der Waals surface area contributed by atoms with Crippen molar-refractivity contribution < 1.29 is 24.1 Å². The van der Waals surface area contributed by atoms with Gasteiger partial charge in [-0.25, -0.2) is 0 Å². The first-order chi connectivity index (χ1) is 9.79. The standard InChI is InChI=1S/C17H17NO.W/c1-2-19-14-13-17(15-9-5-3-6-10-15)18-16-11-7-4-8-12-16;/h3-13,18H,2H2,1H3;/b17-13-;. The molecule has 2 nitrogen and oxygen atoms in total. The van der Waals surface area contributed by atoms with E-state index in [0.29, 0.717) is 6.61 Å². The summed E-state index contributed by atoms with van der Waals surface area (Å²) in [4.78, 5) is 0. The van der Waals surface area contributed by atoms with Crippen molar-refractivity contribution in [3.8, 4) is 0 Å². The van der Waals surface area contributed by atoms with Gasteiger partial charge in [-0.1, -0.05) is 0 Å². The van der Waals surface area contributed by atoms with E-state index in [2.05, 4.69) is 35.7 Å². The molecule has 0 heterocycles. The number of nitrogens with one attached hydrogen (secondary N) is 1. The Morgan fingerprint density at radius 2 is 1.65 bits per heavy atom. The van der Waals surface area contributed by atoms with E-state index < -0.39 is 0 Å². The van der Waals surface area contributed by atoms with Gasteiger partial charge in [0.2, 0.25) is 0 Å². The second-order valence-corrected chi connectivity index (χ2v) is 5.61. The van der Waals surface area contributed by atoms with Crippen LogP contribution in [0.2, 0.25) is 0 Å². The number of ether oxygens (including phenoxy) is 1. The summed E-state index contributed by atoms with van der Waals surface area (Å²) in [6, 6.07) is 20.5. The zero-order valence-electron chi connectivity index (χ0n) is 11.4. The van der Waals surface area contributed by atoms with Gasteiger partial charge in [0.25, 0.3) is 0 Å². The minimum atomic E-state index is 0.697. The Labute approximate surface area is 130 Å². The number of hydrogen-bond donors (Lipinski definition) is 1. The summed E-state index contributed by atoms with van der Waals surface area (Å²) in [6.45, 7) is 2.70. The Morgan fingerprint density at radius 3 is 2.25 bits per heavy atom. The third-order valence-electron chi connectivity index (χ3n) is 2.69. The topological polar surface area (TPSA) is 21.3 Å². The maximum atomic E-state index is 5.57. The quantitative estimate of drug-likeness (QED) is 0.745. The van der Waals surface area contributed by atoms with Crippen molar-refractivity contribution >= 4 is 15.5 Å². The molecule has 0 aliphatic heterocycles. The van der Waals surface area contributed by atoms with E-state index >= 15 is 0 Å². The van der Waals surface area contributed by atoms with Gasteiger partial charge in [0.1, 0.15) is 0 Å². The van der Waals surface area contributed by atoms with Crippen LogP contribution in [-0.4, -0.2) is 10.7 Å². The summed E-state index contributed by atoms with van der Waals surface area (Å²) in [5.41, 5.74) is 3.27. The molecule has 0 spiro atoms. The van der Waals surface area contributed by atoms with Crippen molar-refractivity contribution in [1.82, 2.24) is 0 Å². The average molecular weight is 435 g/mol. The predicted octanol–water partition coefficient (Wildman–Crippen LogP) is 3.85. The molecule has 0 aliphatic carbocycles. The zero-order valence-corrected chi connectivity index (χ0v) is 14.3. The van der Waals surface area contributed by atoms with Crippen LogP contribution in [0.25, 0.3) is 5.70 Å².